The number of nitrogens with one attached hydrogen (secondary N) is 1. The number of hydrogen-bond donors (Lipinski definition) is 1. The number of carbonyl (C=O) groups is 2. The van der Waals surface area contributed by atoms with E-state index in [2.05, 4.69) is 5.32 Å². The van der Waals surface area contributed by atoms with E-state index in [0.717, 1.165) is 30.6 Å². The Morgan fingerprint density at radius 2 is 2.04 bits per heavy atom. The molecule has 1 N–H and O–H groups in total. The van der Waals surface area contributed by atoms with Gasteiger partial charge in [-0.15, -0.1) is 0 Å². The van der Waals surface area contributed by atoms with Gasteiger partial charge in [0, 0.05) is 32.5 Å². The molecule has 1 aromatic rings. The molecule has 6 nitrogen and oxygen atoms in total. The monoisotopic (exact) mass is 318 g/mol. The molecule has 6 heteroatoms. The zero-order valence-electron chi connectivity index (χ0n) is 13.3. The standard InChI is InChI=1S/C17H22N2O4/c1-12(20)19(8-7-18-17(21)14-3-2-4-14)10-13-5-6-15-16(9-13)23-11-22-15/h5-6,9,14H,2-4,7-8,10-11H2,1H3,(H,18,21). The minimum Gasteiger partial charge on any atom is -0.454 e. The fourth-order valence-electron chi connectivity index (χ4n) is 2.74. The Balaban J connectivity index is 1.52. The van der Waals surface area contributed by atoms with Gasteiger partial charge in [-0.1, -0.05) is 12.5 Å². The van der Waals surface area contributed by atoms with Gasteiger partial charge < -0.3 is 19.7 Å². The van der Waals surface area contributed by atoms with E-state index in [9.17, 15) is 9.59 Å². The summed E-state index contributed by atoms with van der Waals surface area (Å²) in [6.45, 7) is 3.26. The predicted octanol–water partition coefficient (Wildman–Crippen LogP) is 1.68. The van der Waals surface area contributed by atoms with Crippen LogP contribution >= 0.6 is 0 Å². The Labute approximate surface area is 135 Å². The van der Waals surface area contributed by atoms with Crippen LogP contribution in [0.2, 0.25) is 0 Å². The molecule has 2 amide bonds. The van der Waals surface area contributed by atoms with Gasteiger partial charge in [-0.3, -0.25) is 9.59 Å². The molecule has 23 heavy (non-hydrogen) atoms. The maximum Gasteiger partial charge on any atom is 0.231 e. The second-order valence-electron chi connectivity index (χ2n) is 6.05. The van der Waals surface area contributed by atoms with Gasteiger partial charge in [0.25, 0.3) is 0 Å². The van der Waals surface area contributed by atoms with Crippen LogP contribution in [0.25, 0.3) is 0 Å². The second kappa shape index (κ2) is 6.89. The number of benzene rings is 1. The normalized spacial score (nSPS) is 15.9. The molecule has 0 aromatic heterocycles. The van der Waals surface area contributed by atoms with E-state index >= 15 is 0 Å². The zero-order valence-corrected chi connectivity index (χ0v) is 13.3. The van der Waals surface area contributed by atoms with Gasteiger partial charge in [-0.05, 0) is 30.5 Å². The first-order valence-electron chi connectivity index (χ1n) is 8.05. The Hall–Kier alpha value is -2.24. The van der Waals surface area contributed by atoms with Crippen LogP contribution in [-0.2, 0) is 16.1 Å². The molecule has 1 saturated carbocycles. The number of rotatable bonds is 6. The van der Waals surface area contributed by atoms with Crippen LogP contribution in [0.15, 0.2) is 18.2 Å². The van der Waals surface area contributed by atoms with Crippen molar-refractivity contribution in [3.8, 4) is 11.5 Å². The van der Waals surface area contributed by atoms with Crippen LogP contribution in [0.5, 0.6) is 11.5 Å². The summed E-state index contributed by atoms with van der Waals surface area (Å²) in [4.78, 5) is 25.4. The van der Waals surface area contributed by atoms with Crippen LogP contribution in [0.4, 0.5) is 0 Å². The Kier molecular flexibility index (Phi) is 4.69. The summed E-state index contributed by atoms with van der Waals surface area (Å²) in [5, 5.41) is 2.92. The van der Waals surface area contributed by atoms with Crippen molar-refractivity contribution >= 4 is 11.8 Å². The van der Waals surface area contributed by atoms with E-state index in [0.29, 0.717) is 25.4 Å². The van der Waals surface area contributed by atoms with Gasteiger partial charge in [0.15, 0.2) is 11.5 Å². The molecule has 124 valence electrons. The molecule has 0 radical (unpaired) electrons. The number of ether oxygens (including phenoxy) is 2. The van der Waals surface area contributed by atoms with Crippen molar-refractivity contribution in [1.29, 1.82) is 0 Å². The summed E-state index contributed by atoms with van der Waals surface area (Å²) in [6, 6.07) is 5.68. The number of hydrogen-bond acceptors (Lipinski definition) is 4. The van der Waals surface area contributed by atoms with E-state index < -0.39 is 0 Å². The average molecular weight is 318 g/mol. The highest BCUT2D eigenvalue weighted by Gasteiger charge is 2.24. The molecule has 0 saturated heterocycles. The Morgan fingerprint density at radius 3 is 2.74 bits per heavy atom. The molecule has 1 aliphatic heterocycles. The van der Waals surface area contributed by atoms with E-state index in [1.165, 1.54) is 0 Å². The summed E-state index contributed by atoms with van der Waals surface area (Å²) in [6.07, 6.45) is 3.11. The van der Waals surface area contributed by atoms with E-state index in [4.69, 9.17) is 9.47 Å². The van der Waals surface area contributed by atoms with Crippen LogP contribution in [0, 0.1) is 5.92 Å². The van der Waals surface area contributed by atoms with Gasteiger partial charge in [0.2, 0.25) is 18.6 Å². The average Bonchev–Trinajstić information content (AvgIpc) is 2.91. The van der Waals surface area contributed by atoms with Crippen LogP contribution < -0.4 is 14.8 Å². The minimum atomic E-state index is -0.0134. The van der Waals surface area contributed by atoms with E-state index in [1.54, 1.807) is 11.8 Å². The van der Waals surface area contributed by atoms with E-state index in [-0.39, 0.29) is 24.5 Å². The fraction of sp³-hybridized carbons (Fsp3) is 0.529. The lowest BCUT2D eigenvalue weighted by Crippen LogP contribution is -2.40. The number of nitrogens with zero attached hydrogens (tertiary/aromatic N) is 1. The second-order valence-corrected chi connectivity index (χ2v) is 6.05. The molecule has 1 fully saturated rings. The molecule has 2 aliphatic rings. The van der Waals surface area contributed by atoms with Crippen molar-refractivity contribution in [3.63, 3.8) is 0 Å². The quantitative estimate of drug-likeness (QED) is 0.866. The van der Waals surface area contributed by atoms with Gasteiger partial charge in [0.1, 0.15) is 0 Å². The maximum atomic E-state index is 11.8. The topological polar surface area (TPSA) is 67.9 Å². The van der Waals surface area contributed by atoms with Crippen molar-refractivity contribution < 1.29 is 19.1 Å². The SMILES string of the molecule is CC(=O)N(CCNC(=O)C1CCC1)Cc1ccc2c(c1)OCO2. The highest BCUT2D eigenvalue weighted by Crippen LogP contribution is 2.32. The third-order valence-electron chi connectivity index (χ3n) is 4.41. The van der Waals surface area contributed by atoms with Crippen LogP contribution in [0.1, 0.15) is 31.7 Å². The Morgan fingerprint density at radius 1 is 1.26 bits per heavy atom. The highest BCUT2D eigenvalue weighted by molar-refractivity contribution is 5.79. The van der Waals surface area contributed by atoms with Crippen molar-refractivity contribution in [1.82, 2.24) is 10.2 Å². The zero-order chi connectivity index (χ0) is 16.2. The molecule has 1 aliphatic carbocycles. The third kappa shape index (κ3) is 3.75. The van der Waals surface area contributed by atoms with Crippen molar-refractivity contribution in [2.75, 3.05) is 19.9 Å². The number of fused-ring (bicyclic) bond motifs is 1. The van der Waals surface area contributed by atoms with Gasteiger partial charge in [0.05, 0.1) is 0 Å². The molecule has 3 rings (SSSR count). The third-order valence-corrected chi connectivity index (χ3v) is 4.41. The first kappa shape index (κ1) is 15.6. The molecule has 0 atom stereocenters. The van der Waals surface area contributed by atoms with Gasteiger partial charge in [-0.25, -0.2) is 0 Å². The molecule has 0 bridgehead atoms. The first-order valence-corrected chi connectivity index (χ1v) is 8.05. The van der Waals surface area contributed by atoms with Gasteiger partial charge in [-0.2, -0.15) is 0 Å². The minimum absolute atomic E-state index is 0.0134. The molecule has 0 spiro atoms. The summed E-state index contributed by atoms with van der Waals surface area (Å²) in [5.74, 6) is 1.72. The van der Waals surface area contributed by atoms with E-state index in [1.807, 2.05) is 18.2 Å². The number of amides is 2. The molecule has 0 unspecified atom stereocenters. The molecule has 1 aromatic carbocycles. The van der Waals surface area contributed by atoms with Crippen LogP contribution in [0.3, 0.4) is 0 Å². The Bertz CT molecular complexity index is 598. The van der Waals surface area contributed by atoms with Crippen molar-refractivity contribution in [2.45, 2.75) is 32.7 Å². The smallest absolute Gasteiger partial charge is 0.231 e. The van der Waals surface area contributed by atoms with Crippen molar-refractivity contribution in [2.24, 2.45) is 5.92 Å². The lowest BCUT2D eigenvalue weighted by molar-refractivity contribution is -0.131. The lowest BCUT2D eigenvalue weighted by Gasteiger charge is -2.25. The molecule has 1 heterocycles. The molecular weight excluding hydrogens is 296 g/mol. The summed E-state index contributed by atoms with van der Waals surface area (Å²) in [7, 11) is 0. The summed E-state index contributed by atoms with van der Waals surface area (Å²) < 4.78 is 10.6. The number of carbonyl (C=O) groups excluding carboxylic acids is 2. The van der Waals surface area contributed by atoms with Gasteiger partial charge >= 0.3 is 0 Å². The largest absolute Gasteiger partial charge is 0.454 e. The first-order chi connectivity index (χ1) is 11.1. The predicted molar refractivity (Wildman–Crippen MR) is 84.0 cm³/mol. The molecular formula is C17H22N2O4. The maximum absolute atomic E-state index is 11.8. The summed E-state index contributed by atoms with van der Waals surface area (Å²) in [5.41, 5.74) is 0.981. The lowest BCUT2D eigenvalue weighted by atomic mass is 9.85. The fourth-order valence-corrected chi connectivity index (χ4v) is 2.74. The highest BCUT2D eigenvalue weighted by atomic mass is 16.7. The van der Waals surface area contributed by atoms with Crippen molar-refractivity contribution in [3.05, 3.63) is 23.8 Å². The summed E-state index contributed by atoms with van der Waals surface area (Å²) >= 11 is 0. The van der Waals surface area contributed by atoms with Crippen LogP contribution in [-0.4, -0.2) is 36.6 Å².